The Balaban J connectivity index is 1.94. The van der Waals surface area contributed by atoms with Gasteiger partial charge in [-0.1, -0.05) is 27.7 Å². The second-order valence-electron chi connectivity index (χ2n) is 8.18. The predicted molar refractivity (Wildman–Crippen MR) is 121 cm³/mol. The van der Waals surface area contributed by atoms with Crippen LogP contribution in [0.15, 0.2) is 10.7 Å². The first-order valence-corrected chi connectivity index (χ1v) is 11.3. The number of nitrogens with zero attached hydrogens (tertiary/aromatic N) is 3. The number of nitrogens with one attached hydrogen (secondary N) is 1. The summed E-state index contributed by atoms with van der Waals surface area (Å²) in [5.41, 5.74) is 0.442. The normalized spacial score (nSPS) is 20.3. The molecule has 1 fully saturated rings. The highest BCUT2D eigenvalue weighted by atomic mass is 79.9. The summed E-state index contributed by atoms with van der Waals surface area (Å²) in [6.45, 7) is 6.90. The van der Waals surface area contributed by atoms with E-state index in [1.54, 1.807) is 38.5 Å². The highest BCUT2D eigenvalue weighted by Crippen LogP contribution is 2.39. The van der Waals surface area contributed by atoms with Gasteiger partial charge >= 0.3 is 11.9 Å². The molecule has 2 aromatic rings. The summed E-state index contributed by atoms with van der Waals surface area (Å²) >= 11 is 3.49. The first kappa shape index (κ1) is 24.9. The molecule has 1 amide bonds. The van der Waals surface area contributed by atoms with Gasteiger partial charge in [0.1, 0.15) is 25.0 Å². The summed E-state index contributed by atoms with van der Waals surface area (Å²) in [6.07, 6.45) is 0.651. The van der Waals surface area contributed by atoms with Crippen molar-refractivity contribution >= 4 is 51.3 Å². The van der Waals surface area contributed by atoms with Crippen LogP contribution in [0.2, 0.25) is 0 Å². The van der Waals surface area contributed by atoms with Crippen molar-refractivity contribution in [2.45, 2.75) is 52.6 Å². The Morgan fingerprint density at radius 3 is 2.58 bits per heavy atom. The molecule has 33 heavy (non-hydrogen) atoms. The highest BCUT2D eigenvalue weighted by molar-refractivity contribution is 9.10. The summed E-state index contributed by atoms with van der Waals surface area (Å²) < 4.78 is 24.9. The minimum atomic E-state index is -0.659. The summed E-state index contributed by atoms with van der Waals surface area (Å²) in [5, 5.41) is 3.01. The fourth-order valence-electron chi connectivity index (χ4n) is 3.32. The number of methoxy groups -OCH3 is 1. The number of anilines is 1. The molecule has 0 bridgehead atoms. The zero-order valence-electron chi connectivity index (χ0n) is 19.0. The van der Waals surface area contributed by atoms with E-state index in [-0.39, 0.29) is 42.2 Å². The maximum atomic E-state index is 12.3. The Labute approximate surface area is 199 Å². The molecule has 1 aliphatic rings. The summed E-state index contributed by atoms with van der Waals surface area (Å²) in [6, 6.07) is 0. The SMILES string of the molecule is COc1nc(NC=O)nc2c1c(Br)cn2[C@@H]1C[C@H](OC(=O)C(C)C)[C@@H](COC(=O)C(C)C)O1. The Hall–Kier alpha value is -2.73. The van der Waals surface area contributed by atoms with Crippen molar-refractivity contribution in [3.63, 3.8) is 0 Å². The largest absolute Gasteiger partial charge is 0.480 e. The van der Waals surface area contributed by atoms with Gasteiger partial charge in [0.05, 0.1) is 28.8 Å². The number of carbonyl (C=O) groups excluding carboxylic acids is 3. The minimum absolute atomic E-state index is 0.0554. The number of amides is 1. The third kappa shape index (κ3) is 5.44. The molecule has 1 saturated heterocycles. The van der Waals surface area contributed by atoms with E-state index in [0.717, 1.165) is 0 Å². The predicted octanol–water partition coefficient (Wildman–Crippen LogP) is 2.83. The maximum absolute atomic E-state index is 12.3. The Kier molecular flexibility index (Phi) is 7.90. The van der Waals surface area contributed by atoms with Gasteiger partial charge in [0.25, 0.3) is 0 Å². The van der Waals surface area contributed by atoms with Crippen molar-refractivity contribution in [3.05, 3.63) is 10.7 Å². The molecular formula is C21H27BrN4O7. The standard InChI is InChI=1S/C21H27BrN4O7/c1-10(2)19(28)31-8-14-13(33-20(29)11(3)4)6-15(32-14)26-7-12(22)16-17(26)24-21(23-9-27)25-18(16)30-5/h7,9-11,13-15H,6,8H2,1-5H3,(H,23,24,25,27)/t13-,14+,15-/m0/s1. The number of esters is 2. The lowest BCUT2D eigenvalue weighted by molar-refractivity contribution is -0.162. The van der Waals surface area contributed by atoms with Gasteiger partial charge in [0.15, 0.2) is 5.65 Å². The zero-order valence-corrected chi connectivity index (χ0v) is 20.6. The van der Waals surface area contributed by atoms with Crippen molar-refractivity contribution in [1.29, 1.82) is 0 Å². The van der Waals surface area contributed by atoms with Crippen LogP contribution < -0.4 is 10.1 Å². The molecule has 0 unspecified atom stereocenters. The molecule has 0 aromatic carbocycles. The van der Waals surface area contributed by atoms with Crippen LogP contribution in [0.25, 0.3) is 11.0 Å². The average molecular weight is 527 g/mol. The lowest BCUT2D eigenvalue weighted by Crippen LogP contribution is -2.33. The van der Waals surface area contributed by atoms with E-state index < -0.39 is 18.4 Å². The molecule has 1 aliphatic heterocycles. The van der Waals surface area contributed by atoms with Crippen molar-refractivity contribution in [3.8, 4) is 5.88 Å². The highest BCUT2D eigenvalue weighted by Gasteiger charge is 2.41. The van der Waals surface area contributed by atoms with Crippen molar-refractivity contribution < 1.29 is 33.3 Å². The minimum Gasteiger partial charge on any atom is -0.480 e. The third-order valence-electron chi connectivity index (χ3n) is 5.06. The lowest BCUT2D eigenvalue weighted by atomic mass is 10.1. The van der Waals surface area contributed by atoms with Crippen LogP contribution >= 0.6 is 15.9 Å². The van der Waals surface area contributed by atoms with E-state index >= 15 is 0 Å². The molecular weight excluding hydrogens is 500 g/mol. The maximum Gasteiger partial charge on any atom is 0.308 e. The van der Waals surface area contributed by atoms with E-state index in [0.29, 0.717) is 28.3 Å². The first-order valence-electron chi connectivity index (χ1n) is 10.5. The van der Waals surface area contributed by atoms with Crippen molar-refractivity contribution in [1.82, 2.24) is 14.5 Å². The van der Waals surface area contributed by atoms with Gasteiger partial charge in [-0.3, -0.25) is 19.7 Å². The summed E-state index contributed by atoms with van der Waals surface area (Å²) in [4.78, 5) is 43.7. The topological polar surface area (TPSA) is 131 Å². The Morgan fingerprint density at radius 2 is 1.97 bits per heavy atom. The van der Waals surface area contributed by atoms with Gasteiger partial charge in [-0.05, 0) is 15.9 Å². The summed E-state index contributed by atoms with van der Waals surface area (Å²) in [5.74, 6) is -1.03. The third-order valence-corrected chi connectivity index (χ3v) is 5.67. The quantitative estimate of drug-likeness (QED) is 0.386. The van der Waals surface area contributed by atoms with Crippen LogP contribution in [0, 0.1) is 11.8 Å². The van der Waals surface area contributed by atoms with Gasteiger partial charge in [0.2, 0.25) is 18.2 Å². The Morgan fingerprint density at radius 1 is 1.27 bits per heavy atom. The molecule has 3 atom stereocenters. The molecule has 2 aromatic heterocycles. The molecule has 3 heterocycles. The van der Waals surface area contributed by atoms with Gasteiger partial charge < -0.3 is 23.5 Å². The van der Waals surface area contributed by atoms with E-state index in [2.05, 4.69) is 31.2 Å². The van der Waals surface area contributed by atoms with Crippen LogP contribution in [0.1, 0.15) is 40.3 Å². The van der Waals surface area contributed by atoms with Crippen LogP contribution in [0.3, 0.4) is 0 Å². The van der Waals surface area contributed by atoms with E-state index in [9.17, 15) is 14.4 Å². The molecule has 0 saturated carbocycles. The van der Waals surface area contributed by atoms with E-state index in [1.165, 1.54) is 7.11 Å². The second kappa shape index (κ2) is 10.5. The molecule has 0 spiro atoms. The Bertz CT molecular complexity index is 1040. The van der Waals surface area contributed by atoms with Crippen LogP contribution in [0.5, 0.6) is 5.88 Å². The zero-order chi connectivity index (χ0) is 24.3. The molecule has 11 nitrogen and oxygen atoms in total. The molecule has 12 heteroatoms. The first-order chi connectivity index (χ1) is 15.7. The number of carbonyl (C=O) groups is 3. The molecule has 0 aliphatic carbocycles. The molecule has 180 valence electrons. The van der Waals surface area contributed by atoms with Gasteiger partial charge in [-0.15, -0.1) is 0 Å². The van der Waals surface area contributed by atoms with E-state index in [1.807, 2.05) is 0 Å². The van der Waals surface area contributed by atoms with Gasteiger partial charge in [-0.25, -0.2) is 0 Å². The number of hydrogen-bond donors (Lipinski definition) is 1. The van der Waals surface area contributed by atoms with Crippen LogP contribution in [-0.4, -0.2) is 58.8 Å². The molecule has 1 N–H and O–H groups in total. The lowest BCUT2D eigenvalue weighted by Gasteiger charge is -2.20. The number of halogens is 1. The average Bonchev–Trinajstić information content (AvgIpc) is 3.32. The molecule has 0 radical (unpaired) electrons. The second-order valence-corrected chi connectivity index (χ2v) is 9.04. The fraction of sp³-hybridized carbons (Fsp3) is 0.571. The number of fused-ring (bicyclic) bond motifs is 1. The van der Waals surface area contributed by atoms with Crippen molar-refractivity contribution in [2.24, 2.45) is 11.8 Å². The molecule has 3 rings (SSSR count). The number of ether oxygens (including phenoxy) is 4. The van der Waals surface area contributed by atoms with Crippen LogP contribution in [0.4, 0.5) is 5.95 Å². The van der Waals surface area contributed by atoms with Crippen LogP contribution in [-0.2, 0) is 28.6 Å². The number of aromatic nitrogens is 3. The smallest absolute Gasteiger partial charge is 0.308 e. The fourth-order valence-corrected chi connectivity index (χ4v) is 3.89. The number of rotatable bonds is 9. The van der Waals surface area contributed by atoms with Crippen molar-refractivity contribution in [2.75, 3.05) is 19.0 Å². The summed E-state index contributed by atoms with van der Waals surface area (Å²) in [7, 11) is 1.46. The number of hydrogen-bond acceptors (Lipinski definition) is 9. The van der Waals surface area contributed by atoms with Gasteiger partial charge in [-0.2, -0.15) is 9.97 Å². The van der Waals surface area contributed by atoms with Gasteiger partial charge in [0, 0.05) is 12.6 Å². The monoisotopic (exact) mass is 526 g/mol. The van der Waals surface area contributed by atoms with E-state index in [4.69, 9.17) is 18.9 Å².